The number of carbonyl (C=O) groups excluding carboxylic acids is 1. The molecule has 2 heterocycles. The van der Waals surface area contributed by atoms with E-state index in [0.29, 0.717) is 23.1 Å². The van der Waals surface area contributed by atoms with E-state index in [0.717, 1.165) is 23.4 Å². The molecule has 0 radical (unpaired) electrons. The summed E-state index contributed by atoms with van der Waals surface area (Å²) in [6.07, 6.45) is 1.96. The molecular formula is C21H20N4O2S. The number of nitrogens with one attached hydrogen (secondary N) is 1. The Hall–Kier alpha value is -3.06. The molecule has 7 heteroatoms. The molecule has 4 rings (SSSR count). The number of nitrogens with zero attached hydrogens (tertiary/aromatic N) is 3. The number of carbonyl (C=O) groups is 1. The van der Waals surface area contributed by atoms with Gasteiger partial charge in [0.15, 0.2) is 0 Å². The molecule has 2 aromatic carbocycles. The van der Waals surface area contributed by atoms with Gasteiger partial charge in [-0.2, -0.15) is 0 Å². The van der Waals surface area contributed by atoms with Gasteiger partial charge in [-0.25, -0.2) is 9.97 Å². The molecule has 0 unspecified atom stereocenters. The summed E-state index contributed by atoms with van der Waals surface area (Å²) in [5.74, 6) is 0.516. The van der Waals surface area contributed by atoms with Crippen molar-refractivity contribution in [3.05, 3.63) is 69.7 Å². The zero-order chi connectivity index (χ0) is 19.5. The minimum absolute atomic E-state index is 0.0249. The normalized spacial score (nSPS) is 11.2. The van der Waals surface area contributed by atoms with Crippen LogP contribution in [0.15, 0.2) is 53.3 Å². The monoisotopic (exact) mass is 392 g/mol. The summed E-state index contributed by atoms with van der Waals surface area (Å²) < 4.78 is 1.17. The Balaban J connectivity index is 1.35. The van der Waals surface area contributed by atoms with Crippen LogP contribution in [0.3, 0.4) is 0 Å². The van der Waals surface area contributed by atoms with Gasteiger partial charge in [0, 0.05) is 13.5 Å². The second kappa shape index (κ2) is 7.90. The van der Waals surface area contributed by atoms with Crippen LogP contribution >= 0.6 is 11.3 Å². The second-order valence-corrected chi connectivity index (χ2v) is 7.82. The summed E-state index contributed by atoms with van der Waals surface area (Å²) in [7, 11) is 1.73. The van der Waals surface area contributed by atoms with Crippen molar-refractivity contribution in [3.8, 4) is 0 Å². The van der Waals surface area contributed by atoms with Gasteiger partial charge in [0.25, 0.3) is 5.56 Å². The number of fused-ring (bicyclic) bond motifs is 2. The van der Waals surface area contributed by atoms with Crippen molar-refractivity contribution in [3.63, 3.8) is 0 Å². The van der Waals surface area contributed by atoms with Crippen molar-refractivity contribution in [2.75, 3.05) is 7.05 Å². The van der Waals surface area contributed by atoms with Crippen molar-refractivity contribution in [2.24, 2.45) is 0 Å². The molecule has 4 aromatic rings. The lowest BCUT2D eigenvalue weighted by Gasteiger charge is -2.16. The third-order valence-corrected chi connectivity index (χ3v) is 5.69. The van der Waals surface area contributed by atoms with Gasteiger partial charge in [-0.05, 0) is 37.1 Å². The van der Waals surface area contributed by atoms with E-state index in [2.05, 4.69) is 21.0 Å². The number of thiazole rings is 1. The standard InChI is InChI=1S/C21H20N4O2S/c1-25(13-18-22-15-8-3-2-7-14(15)21(27)24-18)20(26)12-6-11-19-23-16-9-4-5-10-17(16)28-19/h2-5,7-10H,6,11-13H2,1H3,(H,22,24,27). The number of benzene rings is 2. The first-order valence-corrected chi connectivity index (χ1v) is 9.98. The molecule has 0 atom stereocenters. The van der Waals surface area contributed by atoms with Crippen molar-refractivity contribution in [1.82, 2.24) is 19.9 Å². The maximum atomic E-state index is 12.4. The molecule has 2 aromatic heterocycles. The van der Waals surface area contributed by atoms with E-state index in [1.807, 2.05) is 24.3 Å². The quantitative estimate of drug-likeness (QED) is 0.545. The van der Waals surface area contributed by atoms with Crippen LogP contribution in [0.4, 0.5) is 0 Å². The number of amides is 1. The molecule has 0 saturated carbocycles. The van der Waals surface area contributed by atoms with Crippen LogP contribution in [0.25, 0.3) is 21.1 Å². The molecule has 6 nitrogen and oxygen atoms in total. The fraction of sp³-hybridized carbons (Fsp3) is 0.238. The molecule has 0 bridgehead atoms. The van der Waals surface area contributed by atoms with Gasteiger partial charge in [0.1, 0.15) is 5.82 Å². The Kier molecular flexibility index (Phi) is 5.16. The van der Waals surface area contributed by atoms with Crippen molar-refractivity contribution >= 4 is 38.4 Å². The maximum absolute atomic E-state index is 12.4. The number of aromatic nitrogens is 3. The van der Waals surface area contributed by atoms with E-state index in [-0.39, 0.29) is 18.0 Å². The molecule has 0 aliphatic heterocycles. The molecular weight excluding hydrogens is 372 g/mol. The molecule has 1 N–H and O–H groups in total. The molecule has 0 fully saturated rings. The number of H-pyrrole nitrogens is 1. The van der Waals surface area contributed by atoms with Crippen molar-refractivity contribution < 1.29 is 4.79 Å². The summed E-state index contributed by atoms with van der Waals surface area (Å²) in [6, 6.07) is 15.2. The van der Waals surface area contributed by atoms with Gasteiger partial charge in [-0.15, -0.1) is 11.3 Å². The Morgan fingerprint density at radius 2 is 1.82 bits per heavy atom. The minimum atomic E-state index is -0.183. The zero-order valence-electron chi connectivity index (χ0n) is 15.5. The van der Waals surface area contributed by atoms with Crippen LogP contribution in [-0.2, 0) is 17.8 Å². The highest BCUT2D eigenvalue weighted by molar-refractivity contribution is 7.18. The Morgan fingerprint density at radius 3 is 2.64 bits per heavy atom. The highest BCUT2D eigenvalue weighted by Gasteiger charge is 2.12. The topological polar surface area (TPSA) is 79.0 Å². The van der Waals surface area contributed by atoms with Crippen LogP contribution in [-0.4, -0.2) is 32.8 Å². The van der Waals surface area contributed by atoms with E-state index in [1.165, 1.54) is 4.70 Å². The highest BCUT2D eigenvalue weighted by atomic mass is 32.1. The van der Waals surface area contributed by atoms with E-state index in [4.69, 9.17) is 0 Å². The fourth-order valence-electron chi connectivity index (χ4n) is 3.13. The Morgan fingerprint density at radius 1 is 1.07 bits per heavy atom. The van der Waals surface area contributed by atoms with Crippen LogP contribution in [0.2, 0.25) is 0 Å². The third-order valence-electron chi connectivity index (χ3n) is 4.59. The van der Waals surface area contributed by atoms with E-state index < -0.39 is 0 Å². The fourth-order valence-corrected chi connectivity index (χ4v) is 4.14. The minimum Gasteiger partial charge on any atom is -0.338 e. The lowest BCUT2D eigenvalue weighted by atomic mass is 10.2. The van der Waals surface area contributed by atoms with E-state index in [1.54, 1.807) is 41.5 Å². The average molecular weight is 392 g/mol. The van der Waals surface area contributed by atoms with Crippen LogP contribution < -0.4 is 5.56 Å². The highest BCUT2D eigenvalue weighted by Crippen LogP contribution is 2.22. The van der Waals surface area contributed by atoms with Crippen LogP contribution in [0.1, 0.15) is 23.7 Å². The van der Waals surface area contributed by atoms with E-state index >= 15 is 0 Å². The van der Waals surface area contributed by atoms with E-state index in [9.17, 15) is 9.59 Å². The predicted molar refractivity (Wildman–Crippen MR) is 111 cm³/mol. The summed E-state index contributed by atoms with van der Waals surface area (Å²) in [6.45, 7) is 0.278. The summed E-state index contributed by atoms with van der Waals surface area (Å²) in [5.41, 5.74) is 1.47. The van der Waals surface area contributed by atoms with Gasteiger partial charge >= 0.3 is 0 Å². The average Bonchev–Trinajstić information content (AvgIpc) is 3.10. The number of hydrogen-bond acceptors (Lipinski definition) is 5. The predicted octanol–water partition coefficient (Wildman–Crippen LogP) is 3.51. The van der Waals surface area contributed by atoms with Crippen molar-refractivity contribution in [2.45, 2.75) is 25.8 Å². The number of aromatic amines is 1. The van der Waals surface area contributed by atoms with Gasteiger partial charge < -0.3 is 9.88 Å². The summed E-state index contributed by atoms with van der Waals surface area (Å²) in [4.78, 5) is 38.0. The van der Waals surface area contributed by atoms with Crippen LogP contribution in [0.5, 0.6) is 0 Å². The van der Waals surface area contributed by atoms with Gasteiger partial charge in [-0.1, -0.05) is 24.3 Å². The lowest BCUT2D eigenvalue weighted by Crippen LogP contribution is -2.28. The first-order valence-electron chi connectivity index (χ1n) is 9.16. The zero-order valence-corrected chi connectivity index (χ0v) is 16.3. The number of rotatable bonds is 6. The second-order valence-electron chi connectivity index (χ2n) is 6.71. The van der Waals surface area contributed by atoms with Crippen molar-refractivity contribution in [1.29, 1.82) is 0 Å². The molecule has 0 spiro atoms. The Bertz CT molecular complexity index is 1160. The number of para-hydroxylation sites is 2. The maximum Gasteiger partial charge on any atom is 0.258 e. The first kappa shape index (κ1) is 18.3. The smallest absolute Gasteiger partial charge is 0.258 e. The number of aryl methyl sites for hydroxylation is 1. The largest absolute Gasteiger partial charge is 0.338 e. The Labute approximate surface area is 165 Å². The molecule has 142 valence electrons. The third kappa shape index (κ3) is 3.94. The van der Waals surface area contributed by atoms with Gasteiger partial charge in [-0.3, -0.25) is 9.59 Å². The van der Waals surface area contributed by atoms with Gasteiger partial charge in [0.05, 0.1) is 32.7 Å². The molecule has 0 saturated heterocycles. The SMILES string of the molecule is CN(Cc1nc2ccccc2c(=O)[nH]1)C(=O)CCCc1nc2ccccc2s1. The molecule has 1 amide bonds. The van der Waals surface area contributed by atoms with Gasteiger partial charge in [0.2, 0.25) is 5.91 Å². The van der Waals surface area contributed by atoms with Crippen LogP contribution in [0, 0.1) is 0 Å². The molecule has 0 aliphatic rings. The summed E-state index contributed by atoms with van der Waals surface area (Å²) >= 11 is 1.68. The molecule has 0 aliphatic carbocycles. The summed E-state index contributed by atoms with van der Waals surface area (Å²) in [5, 5.41) is 1.60. The first-order chi connectivity index (χ1) is 13.6. The number of hydrogen-bond donors (Lipinski definition) is 1. The molecule has 28 heavy (non-hydrogen) atoms. The lowest BCUT2D eigenvalue weighted by molar-refractivity contribution is -0.130.